The van der Waals surface area contributed by atoms with Gasteiger partial charge in [-0.25, -0.2) is 0 Å². The molecule has 0 radical (unpaired) electrons. The summed E-state index contributed by atoms with van der Waals surface area (Å²) in [4.78, 5) is 0. The molecule has 1 N–H and O–H groups in total. The van der Waals surface area contributed by atoms with Gasteiger partial charge in [-0.1, -0.05) is 121 Å². The van der Waals surface area contributed by atoms with Gasteiger partial charge in [0.05, 0.1) is 0 Å². The average molecular weight is 398 g/mol. The highest BCUT2D eigenvalue weighted by Gasteiger charge is 2.41. The molecule has 0 aliphatic rings. The van der Waals surface area contributed by atoms with Crippen LogP contribution in [0.5, 0.6) is 0 Å². The van der Waals surface area contributed by atoms with Crippen LogP contribution in [0, 0.1) is 0 Å². The molecule has 0 amide bonds. The van der Waals surface area contributed by atoms with Gasteiger partial charge in [0.25, 0.3) is 0 Å². The molecule has 0 aliphatic heterocycles. The lowest BCUT2D eigenvalue weighted by Crippen LogP contribution is -2.36. The van der Waals surface area contributed by atoms with E-state index in [4.69, 9.17) is 0 Å². The zero-order chi connectivity index (χ0) is 20.2. The van der Waals surface area contributed by atoms with Crippen LogP contribution in [0.1, 0.15) is 11.1 Å². The molecule has 0 aliphatic carbocycles. The Kier molecular flexibility index (Phi) is 5.49. The fraction of sp³-hybridized carbons (Fsp3) is 0.0769. The van der Waals surface area contributed by atoms with Crippen molar-refractivity contribution in [3.8, 4) is 0 Å². The molecular formula is C26H23O2P. The molecule has 0 heterocycles. The molecule has 0 fully saturated rings. The Balaban J connectivity index is 1.92. The van der Waals surface area contributed by atoms with Crippen molar-refractivity contribution in [1.82, 2.24) is 0 Å². The molecule has 4 rings (SSSR count). The topological polar surface area (TPSA) is 37.3 Å². The highest BCUT2D eigenvalue weighted by molar-refractivity contribution is 7.78. The molecule has 0 atom stereocenters. The summed E-state index contributed by atoms with van der Waals surface area (Å²) in [7, 11) is -3.13. The molecule has 4 aromatic rings. The number of hydrogen-bond acceptors (Lipinski definition) is 2. The van der Waals surface area contributed by atoms with Crippen molar-refractivity contribution >= 4 is 17.8 Å². The molecule has 0 unspecified atom stereocenters. The van der Waals surface area contributed by atoms with Crippen LogP contribution < -0.4 is 10.6 Å². The van der Waals surface area contributed by atoms with Crippen LogP contribution in [-0.4, -0.2) is 11.3 Å². The second kappa shape index (κ2) is 8.21. The standard InChI is InChI=1S/C26H23O2P/c27-26(22-13-5-1-6-14-22,23-15-7-2-8-16-23)21-29(28,24-17-9-3-10-18-24)25-19-11-4-12-20-25/h1-20,27H,21H2. The second-order valence-corrected chi connectivity index (χ2v) is 9.99. The Labute approximate surface area is 171 Å². The molecule has 29 heavy (non-hydrogen) atoms. The fourth-order valence-corrected chi connectivity index (χ4v) is 6.75. The van der Waals surface area contributed by atoms with Gasteiger partial charge in [-0.05, 0) is 11.1 Å². The maximum absolute atomic E-state index is 14.6. The lowest BCUT2D eigenvalue weighted by Gasteiger charge is -2.34. The number of aliphatic hydroxyl groups is 1. The van der Waals surface area contributed by atoms with E-state index in [0.717, 1.165) is 21.7 Å². The monoisotopic (exact) mass is 398 g/mol. The van der Waals surface area contributed by atoms with Crippen LogP contribution in [0.2, 0.25) is 0 Å². The van der Waals surface area contributed by atoms with E-state index < -0.39 is 12.7 Å². The molecular weight excluding hydrogens is 375 g/mol. The molecule has 0 saturated carbocycles. The first kappa shape index (κ1) is 19.4. The van der Waals surface area contributed by atoms with Gasteiger partial charge in [0.1, 0.15) is 12.7 Å². The maximum Gasteiger partial charge on any atom is 0.146 e. The lowest BCUT2D eigenvalue weighted by atomic mass is 9.88. The molecule has 0 saturated heterocycles. The van der Waals surface area contributed by atoms with Gasteiger partial charge in [-0.2, -0.15) is 0 Å². The van der Waals surface area contributed by atoms with E-state index in [9.17, 15) is 9.67 Å². The molecule has 0 aromatic heterocycles. The Morgan fingerprint density at radius 1 is 0.552 bits per heavy atom. The number of rotatable bonds is 6. The van der Waals surface area contributed by atoms with Gasteiger partial charge >= 0.3 is 0 Å². The van der Waals surface area contributed by atoms with Gasteiger partial charge in [0.15, 0.2) is 0 Å². The highest BCUT2D eigenvalue weighted by Crippen LogP contribution is 2.50. The van der Waals surface area contributed by atoms with E-state index in [1.165, 1.54) is 0 Å². The third kappa shape index (κ3) is 3.82. The molecule has 2 nitrogen and oxygen atoms in total. The zero-order valence-corrected chi connectivity index (χ0v) is 17.0. The smallest absolute Gasteiger partial charge is 0.146 e. The first-order chi connectivity index (χ1) is 14.1. The van der Waals surface area contributed by atoms with Crippen LogP contribution in [0.25, 0.3) is 0 Å². The number of hydrogen-bond donors (Lipinski definition) is 1. The summed E-state index contributed by atoms with van der Waals surface area (Å²) in [5.41, 5.74) is 0.0839. The maximum atomic E-state index is 14.6. The minimum atomic E-state index is -3.13. The van der Waals surface area contributed by atoms with E-state index in [2.05, 4.69) is 0 Å². The fourth-order valence-electron chi connectivity index (χ4n) is 3.77. The van der Waals surface area contributed by atoms with Gasteiger partial charge < -0.3 is 9.67 Å². The largest absolute Gasteiger partial charge is 0.380 e. The van der Waals surface area contributed by atoms with E-state index >= 15 is 0 Å². The molecule has 3 heteroatoms. The Bertz CT molecular complexity index is 1010. The first-order valence-corrected chi connectivity index (χ1v) is 11.6. The van der Waals surface area contributed by atoms with Crippen LogP contribution >= 0.6 is 7.14 Å². The minimum absolute atomic E-state index is 0.0854. The van der Waals surface area contributed by atoms with E-state index in [0.29, 0.717) is 0 Å². The van der Waals surface area contributed by atoms with Crippen molar-refractivity contribution < 1.29 is 9.67 Å². The van der Waals surface area contributed by atoms with Crippen molar-refractivity contribution in [1.29, 1.82) is 0 Å². The molecule has 4 aromatic carbocycles. The molecule has 144 valence electrons. The predicted octanol–water partition coefficient (Wildman–Crippen LogP) is 4.94. The van der Waals surface area contributed by atoms with Crippen molar-refractivity contribution in [3.63, 3.8) is 0 Å². The Hall–Kier alpha value is -2.93. The summed E-state index contributed by atoms with van der Waals surface area (Å²) in [6.45, 7) is 0. The van der Waals surface area contributed by atoms with Crippen LogP contribution in [-0.2, 0) is 10.2 Å². The third-order valence-electron chi connectivity index (χ3n) is 5.30. The molecule has 0 bridgehead atoms. The van der Waals surface area contributed by atoms with E-state index in [1.807, 2.05) is 121 Å². The van der Waals surface area contributed by atoms with Crippen molar-refractivity contribution in [2.45, 2.75) is 5.60 Å². The Morgan fingerprint density at radius 3 is 1.21 bits per heavy atom. The quantitative estimate of drug-likeness (QED) is 0.467. The SMILES string of the molecule is O=P(CC(O)(c1ccccc1)c1ccccc1)(c1ccccc1)c1ccccc1. The van der Waals surface area contributed by atoms with Crippen LogP contribution in [0.3, 0.4) is 0 Å². The van der Waals surface area contributed by atoms with Crippen LogP contribution in [0.15, 0.2) is 121 Å². The summed E-state index contributed by atoms with van der Waals surface area (Å²) >= 11 is 0. The summed E-state index contributed by atoms with van der Waals surface area (Å²) in [5.74, 6) is 0. The van der Waals surface area contributed by atoms with Gasteiger partial charge in [0, 0.05) is 16.8 Å². The Morgan fingerprint density at radius 2 is 0.862 bits per heavy atom. The average Bonchev–Trinajstić information content (AvgIpc) is 2.81. The molecule has 0 spiro atoms. The lowest BCUT2D eigenvalue weighted by molar-refractivity contribution is 0.105. The minimum Gasteiger partial charge on any atom is -0.380 e. The van der Waals surface area contributed by atoms with E-state index in [1.54, 1.807) is 0 Å². The van der Waals surface area contributed by atoms with Gasteiger partial charge in [0.2, 0.25) is 0 Å². The summed E-state index contributed by atoms with van der Waals surface area (Å²) in [6, 6.07) is 38.0. The van der Waals surface area contributed by atoms with Crippen LogP contribution in [0.4, 0.5) is 0 Å². The van der Waals surface area contributed by atoms with Crippen molar-refractivity contribution in [3.05, 3.63) is 132 Å². The van der Waals surface area contributed by atoms with Gasteiger partial charge in [-0.15, -0.1) is 0 Å². The summed E-state index contributed by atoms with van der Waals surface area (Å²) in [5, 5.41) is 13.5. The third-order valence-corrected chi connectivity index (χ3v) is 8.47. The van der Waals surface area contributed by atoms with Crippen molar-refractivity contribution in [2.75, 3.05) is 6.16 Å². The highest BCUT2D eigenvalue weighted by atomic mass is 31.2. The summed E-state index contributed by atoms with van der Waals surface area (Å²) < 4.78 is 14.6. The summed E-state index contributed by atoms with van der Waals surface area (Å²) in [6.07, 6.45) is 0.0854. The number of benzene rings is 4. The van der Waals surface area contributed by atoms with Crippen molar-refractivity contribution in [2.24, 2.45) is 0 Å². The first-order valence-electron chi connectivity index (χ1n) is 9.67. The van der Waals surface area contributed by atoms with E-state index in [-0.39, 0.29) is 6.16 Å². The second-order valence-electron chi connectivity index (χ2n) is 7.16. The normalized spacial score (nSPS) is 11.9. The predicted molar refractivity (Wildman–Crippen MR) is 121 cm³/mol. The van der Waals surface area contributed by atoms with Gasteiger partial charge in [-0.3, -0.25) is 0 Å². The zero-order valence-electron chi connectivity index (χ0n) is 16.1.